The Balaban J connectivity index is 2.65. The molecule has 1 rings (SSSR count). The Morgan fingerprint density at radius 3 is 2.67 bits per heavy atom. The molecule has 0 aromatic rings. The highest BCUT2D eigenvalue weighted by Gasteiger charge is 2.31. The van der Waals surface area contributed by atoms with E-state index >= 15 is 0 Å². The summed E-state index contributed by atoms with van der Waals surface area (Å²) in [5.41, 5.74) is 0. The molecule has 1 aliphatic rings. The van der Waals surface area contributed by atoms with E-state index in [1.54, 1.807) is 12.2 Å². The van der Waals surface area contributed by atoms with Crippen molar-refractivity contribution in [1.29, 1.82) is 0 Å². The Bertz CT molecular complexity index is 290. The van der Waals surface area contributed by atoms with E-state index in [1.807, 2.05) is 0 Å². The van der Waals surface area contributed by atoms with E-state index in [-0.39, 0.29) is 5.91 Å². The van der Waals surface area contributed by atoms with E-state index in [0.29, 0.717) is 19.4 Å². The average Bonchev–Trinajstić information content (AvgIpc) is 2.52. The van der Waals surface area contributed by atoms with Gasteiger partial charge in [-0.2, -0.15) is 0 Å². The quantitative estimate of drug-likeness (QED) is 0.701. The molecular weight excluding hydrogens is 200 g/mol. The van der Waals surface area contributed by atoms with Gasteiger partial charge in [-0.1, -0.05) is 6.92 Å². The first-order valence-electron chi connectivity index (χ1n) is 4.89. The van der Waals surface area contributed by atoms with Gasteiger partial charge in [0.05, 0.1) is 0 Å². The number of amides is 3. The van der Waals surface area contributed by atoms with E-state index in [2.05, 4.69) is 0 Å². The van der Waals surface area contributed by atoms with Crippen LogP contribution in [0.1, 0.15) is 26.2 Å². The second-order valence-corrected chi connectivity index (χ2v) is 3.41. The Kier molecular flexibility index (Phi) is 3.65. The van der Waals surface area contributed by atoms with Crippen LogP contribution in [0.3, 0.4) is 0 Å². The van der Waals surface area contributed by atoms with Crippen molar-refractivity contribution in [3.63, 3.8) is 0 Å². The lowest BCUT2D eigenvalue weighted by Crippen LogP contribution is -2.48. The van der Waals surface area contributed by atoms with Crippen molar-refractivity contribution in [2.75, 3.05) is 6.54 Å². The summed E-state index contributed by atoms with van der Waals surface area (Å²) in [5.74, 6) is -0.706. The highest BCUT2D eigenvalue weighted by Crippen LogP contribution is 2.15. The lowest BCUT2D eigenvalue weighted by Gasteiger charge is -2.24. The van der Waals surface area contributed by atoms with Crippen LogP contribution < -0.4 is 5.32 Å². The minimum Gasteiger partial charge on any atom is -0.465 e. The molecule has 0 aromatic carbocycles. The maximum absolute atomic E-state index is 11.4. The van der Waals surface area contributed by atoms with Crippen LogP contribution in [-0.4, -0.2) is 40.5 Å². The van der Waals surface area contributed by atoms with Crippen LogP contribution in [0.5, 0.6) is 0 Å². The number of carbonyl (C=O) groups is 3. The molecule has 1 heterocycles. The Labute approximate surface area is 87.2 Å². The van der Waals surface area contributed by atoms with Gasteiger partial charge >= 0.3 is 6.09 Å². The van der Waals surface area contributed by atoms with Crippen molar-refractivity contribution in [2.45, 2.75) is 32.2 Å². The van der Waals surface area contributed by atoms with Gasteiger partial charge in [0.1, 0.15) is 6.04 Å². The molecule has 0 spiro atoms. The van der Waals surface area contributed by atoms with Crippen molar-refractivity contribution in [1.82, 2.24) is 10.2 Å². The topological polar surface area (TPSA) is 86.7 Å². The molecule has 0 aliphatic carbocycles. The fourth-order valence-electron chi connectivity index (χ4n) is 1.73. The van der Waals surface area contributed by atoms with Crippen molar-refractivity contribution in [3.05, 3.63) is 0 Å². The fourth-order valence-corrected chi connectivity index (χ4v) is 1.73. The van der Waals surface area contributed by atoms with Crippen LogP contribution in [0.2, 0.25) is 0 Å². The molecule has 1 atom stereocenters. The summed E-state index contributed by atoms with van der Waals surface area (Å²) in [6.07, 6.45) is 0.210. The molecule has 0 radical (unpaired) electrons. The molecule has 3 amide bonds. The van der Waals surface area contributed by atoms with E-state index in [9.17, 15) is 14.4 Å². The van der Waals surface area contributed by atoms with E-state index < -0.39 is 18.0 Å². The number of likely N-dealkylation sites (tertiary alicyclic amines) is 1. The summed E-state index contributed by atoms with van der Waals surface area (Å²) in [6.45, 7) is 2.28. The number of hydrogen-bond donors (Lipinski definition) is 2. The molecule has 6 heteroatoms. The molecule has 6 nitrogen and oxygen atoms in total. The molecule has 1 saturated heterocycles. The van der Waals surface area contributed by atoms with Gasteiger partial charge in [0.25, 0.3) is 5.91 Å². The predicted molar refractivity (Wildman–Crippen MR) is 51.2 cm³/mol. The van der Waals surface area contributed by atoms with Gasteiger partial charge in [0, 0.05) is 13.0 Å². The average molecular weight is 214 g/mol. The zero-order chi connectivity index (χ0) is 11.4. The van der Waals surface area contributed by atoms with Crippen molar-refractivity contribution >= 4 is 17.9 Å². The van der Waals surface area contributed by atoms with Crippen LogP contribution in [0.25, 0.3) is 0 Å². The number of hydrogen-bond acceptors (Lipinski definition) is 3. The highest BCUT2D eigenvalue weighted by molar-refractivity contribution is 5.96. The third-order valence-electron chi connectivity index (χ3n) is 2.41. The maximum atomic E-state index is 11.4. The minimum absolute atomic E-state index is 0.0811. The number of carboxylic acid groups (broad SMARTS) is 1. The monoisotopic (exact) mass is 214 g/mol. The smallest absolute Gasteiger partial charge is 0.411 e. The van der Waals surface area contributed by atoms with Crippen LogP contribution in [-0.2, 0) is 9.59 Å². The van der Waals surface area contributed by atoms with Crippen molar-refractivity contribution in [3.8, 4) is 0 Å². The zero-order valence-electron chi connectivity index (χ0n) is 8.52. The predicted octanol–water partition coefficient (Wildman–Crippen LogP) is 0.182. The molecule has 15 heavy (non-hydrogen) atoms. The summed E-state index contributed by atoms with van der Waals surface area (Å²) in [6, 6.07) is -0.656. The highest BCUT2D eigenvalue weighted by atomic mass is 16.4. The minimum atomic E-state index is -1.38. The van der Waals surface area contributed by atoms with Crippen LogP contribution in [0.4, 0.5) is 4.79 Å². The molecule has 84 valence electrons. The molecular formula is C9H14N2O4. The SMILES string of the molecule is CC[C@@H](C(=O)NC(=O)O)N1CCCC1=O. The van der Waals surface area contributed by atoms with Gasteiger partial charge in [-0.3, -0.25) is 14.9 Å². The summed E-state index contributed by atoms with van der Waals surface area (Å²) >= 11 is 0. The molecule has 0 unspecified atom stereocenters. The number of imide groups is 1. The van der Waals surface area contributed by atoms with Gasteiger partial charge in [0.2, 0.25) is 5.91 Å². The second-order valence-electron chi connectivity index (χ2n) is 3.41. The van der Waals surface area contributed by atoms with Crippen LogP contribution in [0.15, 0.2) is 0 Å². The molecule has 2 N–H and O–H groups in total. The van der Waals surface area contributed by atoms with Gasteiger partial charge in [-0.15, -0.1) is 0 Å². The van der Waals surface area contributed by atoms with Gasteiger partial charge in [-0.25, -0.2) is 4.79 Å². The number of carbonyl (C=O) groups excluding carboxylic acids is 2. The number of nitrogens with one attached hydrogen (secondary N) is 1. The summed E-state index contributed by atoms with van der Waals surface area (Å²) < 4.78 is 0. The molecule has 1 aliphatic heterocycles. The number of rotatable bonds is 3. The van der Waals surface area contributed by atoms with Crippen LogP contribution in [0, 0.1) is 0 Å². The van der Waals surface area contributed by atoms with Gasteiger partial charge < -0.3 is 10.0 Å². The summed E-state index contributed by atoms with van der Waals surface area (Å²) in [7, 11) is 0. The van der Waals surface area contributed by atoms with Crippen molar-refractivity contribution < 1.29 is 19.5 Å². The third-order valence-corrected chi connectivity index (χ3v) is 2.41. The number of nitrogens with zero attached hydrogens (tertiary/aromatic N) is 1. The largest absolute Gasteiger partial charge is 0.465 e. The van der Waals surface area contributed by atoms with Gasteiger partial charge in [-0.05, 0) is 12.8 Å². The lowest BCUT2D eigenvalue weighted by molar-refractivity contribution is -0.137. The Hall–Kier alpha value is -1.59. The first-order valence-corrected chi connectivity index (χ1v) is 4.89. The van der Waals surface area contributed by atoms with E-state index in [1.165, 1.54) is 4.90 Å². The molecule has 0 bridgehead atoms. The first kappa shape index (κ1) is 11.5. The molecule has 1 fully saturated rings. The standard InChI is InChI=1S/C9H14N2O4/c1-2-6(8(13)10-9(14)15)11-5-3-4-7(11)12/h6H,2-5H2,1H3,(H,10,13)(H,14,15)/t6-/m0/s1. The lowest BCUT2D eigenvalue weighted by atomic mass is 10.2. The van der Waals surface area contributed by atoms with Crippen LogP contribution >= 0.6 is 0 Å². The Morgan fingerprint density at radius 2 is 2.27 bits per heavy atom. The summed E-state index contributed by atoms with van der Waals surface area (Å²) in [4.78, 5) is 34.5. The Morgan fingerprint density at radius 1 is 1.60 bits per heavy atom. The fraction of sp³-hybridized carbons (Fsp3) is 0.667. The second kappa shape index (κ2) is 4.77. The first-order chi connectivity index (χ1) is 7.06. The van der Waals surface area contributed by atoms with E-state index in [4.69, 9.17) is 5.11 Å². The van der Waals surface area contributed by atoms with Crippen molar-refractivity contribution in [2.24, 2.45) is 0 Å². The zero-order valence-corrected chi connectivity index (χ0v) is 8.52. The third kappa shape index (κ3) is 2.68. The normalized spacial score (nSPS) is 17.7. The molecule has 0 saturated carbocycles. The maximum Gasteiger partial charge on any atom is 0.411 e. The van der Waals surface area contributed by atoms with Gasteiger partial charge in [0.15, 0.2) is 0 Å². The molecule has 0 aromatic heterocycles. The van der Waals surface area contributed by atoms with E-state index in [0.717, 1.165) is 6.42 Å². The summed E-state index contributed by atoms with van der Waals surface area (Å²) in [5, 5.41) is 10.2.